The largest absolute Gasteiger partial charge is 0.456 e. The molecule has 0 fully saturated rings. The van der Waals surface area contributed by atoms with E-state index in [1.807, 2.05) is 91.0 Å². The molecule has 0 aliphatic carbocycles. The Morgan fingerprint density at radius 1 is 0.421 bits per heavy atom. The molecule has 0 saturated heterocycles. The predicted molar refractivity (Wildman–Crippen MR) is 154 cm³/mol. The molecule has 0 bridgehead atoms. The SMILES string of the molecule is Clc1ccc(-c2nc(-c3ccccc3)nc(-c3cccc(-c4ccc5oc6ccccc6c5c4)c3)n2)cc1. The molecule has 7 rings (SSSR count). The van der Waals surface area contributed by atoms with Crippen molar-refractivity contribution < 1.29 is 4.42 Å². The number of furan rings is 1. The average Bonchev–Trinajstić information content (AvgIpc) is 3.36. The van der Waals surface area contributed by atoms with Gasteiger partial charge >= 0.3 is 0 Å². The Balaban J connectivity index is 1.36. The topological polar surface area (TPSA) is 51.8 Å². The van der Waals surface area contributed by atoms with Gasteiger partial charge in [-0.15, -0.1) is 0 Å². The molecule has 0 spiro atoms. The fourth-order valence-electron chi connectivity index (χ4n) is 4.69. The zero-order valence-electron chi connectivity index (χ0n) is 20.2. The van der Waals surface area contributed by atoms with Crippen LogP contribution in [0.1, 0.15) is 0 Å². The lowest BCUT2D eigenvalue weighted by molar-refractivity contribution is 0.669. The summed E-state index contributed by atoms with van der Waals surface area (Å²) in [4.78, 5) is 14.5. The molecule has 38 heavy (non-hydrogen) atoms. The lowest BCUT2D eigenvalue weighted by Gasteiger charge is -2.10. The van der Waals surface area contributed by atoms with Crippen LogP contribution in [0.2, 0.25) is 5.02 Å². The summed E-state index contributed by atoms with van der Waals surface area (Å²) in [6.45, 7) is 0. The van der Waals surface area contributed by atoms with Gasteiger partial charge in [0.2, 0.25) is 0 Å². The maximum absolute atomic E-state index is 6.13. The van der Waals surface area contributed by atoms with Crippen molar-refractivity contribution in [3.63, 3.8) is 0 Å². The minimum absolute atomic E-state index is 0.599. The summed E-state index contributed by atoms with van der Waals surface area (Å²) in [5.41, 5.74) is 6.66. The highest BCUT2D eigenvalue weighted by molar-refractivity contribution is 6.30. The third kappa shape index (κ3) is 4.11. The van der Waals surface area contributed by atoms with Crippen LogP contribution in [0.25, 0.3) is 67.2 Å². The van der Waals surface area contributed by atoms with Crippen LogP contribution in [-0.2, 0) is 0 Å². The van der Waals surface area contributed by atoms with Crippen molar-refractivity contribution >= 4 is 33.5 Å². The van der Waals surface area contributed by atoms with Crippen molar-refractivity contribution in [1.82, 2.24) is 15.0 Å². The van der Waals surface area contributed by atoms with Gasteiger partial charge < -0.3 is 4.42 Å². The van der Waals surface area contributed by atoms with Gasteiger partial charge in [0.15, 0.2) is 17.5 Å². The van der Waals surface area contributed by atoms with Gasteiger partial charge in [-0.3, -0.25) is 0 Å². The summed E-state index contributed by atoms with van der Waals surface area (Å²) in [5, 5.41) is 2.87. The number of hydrogen-bond acceptors (Lipinski definition) is 4. The minimum atomic E-state index is 0.599. The first kappa shape index (κ1) is 22.4. The third-order valence-electron chi connectivity index (χ3n) is 6.60. The lowest BCUT2D eigenvalue weighted by atomic mass is 10.0. The van der Waals surface area contributed by atoms with Gasteiger partial charge in [-0.25, -0.2) is 15.0 Å². The van der Waals surface area contributed by atoms with Gasteiger partial charge in [-0.05, 0) is 59.7 Å². The summed E-state index contributed by atoms with van der Waals surface area (Å²) >= 11 is 6.13. The molecule has 0 aliphatic heterocycles. The van der Waals surface area contributed by atoms with E-state index in [0.29, 0.717) is 22.5 Å². The molecule has 0 aliphatic rings. The highest BCUT2D eigenvalue weighted by Gasteiger charge is 2.14. The van der Waals surface area contributed by atoms with E-state index in [9.17, 15) is 0 Å². The lowest BCUT2D eigenvalue weighted by Crippen LogP contribution is -2.00. The molecule has 0 saturated carbocycles. The smallest absolute Gasteiger partial charge is 0.164 e. The molecule has 2 aromatic heterocycles. The third-order valence-corrected chi connectivity index (χ3v) is 6.85. The van der Waals surface area contributed by atoms with E-state index in [0.717, 1.165) is 49.8 Å². The molecule has 0 atom stereocenters. The summed E-state index contributed by atoms with van der Waals surface area (Å²) in [6, 6.07) is 40.2. The number of nitrogens with zero attached hydrogens (tertiary/aromatic N) is 3. The average molecular weight is 510 g/mol. The van der Waals surface area contributed by atoms with E-state index in [2.05, 4.69) is 30.3 Å². The molecule has 5 aromatic carbocycles. The number of halogens is 1. The maximum atomic E-state index is 6.13. The Morgan fingerprint density at radius 2 is 0.974 bits per heavy atom. The molecular formula is C33H20ClN3O. The normalized spacial score (nSPS) is 11.3. The number of benzene rings is 5. The van der Waals surface area contributed by atoms with Gasteiger partial charge in [0.05, 0.1) is 0 Å². The number of fused-ring (bicyclic) bond motifs is 3. The summed E-state index contributed by atoms with van der Waals surface area (Å²) in [6.07, 6.45) is 0. The molecule has 0 N–H and O–H groups in total. The zero-order chi connectivity index (χ0) is 25.5. The van der Waals surface area contributed by atoms with Crippen LogP contribution in [0.15, 0.2) is 126 Å². The second kappa shape index (κ2) is 9.25. The van der Waals surface area contributed by atoms with Crippen LogP contribution in [-0.4, -0.2) is 15.0 Å². The second-order valence-electron chi connectivity index (χ2n) is 9.07. The Kier molecular flexibility index (Phi) is 5.46. The fraction of sp³-hybridized carbons (Fsp3) is 0. The van der Waals surface area contributed by atoms with Crippen LogP contribution < -0.4 is 0 Å². The van der Waals surface area contributed by atoms with Gasteiger partial charge in [0.1, 0.15) is 11.2 Å². The number of aromatic nitrogens is 3. The molecule has 0 amide bonds. The van der Waals surface area contributed by atoms with E-state index >= 15 is 0 Å². The Morgan fingerprint density at radius 3 is 1.76 bits per heavy atom. The summed E-state index contributed by atoms with van der Waals surface area (Å²) < 4.78 is 6.02. The van der Waals surface area contributed by atoms with E-state index in [-0.39, 0.29) is 0 Å². The molecule has 2 heterocycles. The predicted octanol–water partition coefficient (Wildman–Crippen LogP) is 9.09. The van der Waals surface area contributed by atoms with Crippen LogP contribution in [0.5, 0.6) is 0 Å². The Labute approximate surface area is 224 Å². The van der Waals surface area contributed by atoms with Crippen molar-refractivity contribution in [2.45, 2.75) is 0 Å². The van der Waals surface area contributed by atoms with E-state index in [4.69, 9.17) is 31.0 Å². The Hall–Kier alpha value is -4.80. The van der Waals surface area contributed by atoms with Crippen LogP contribution in [0, 0.1) is 0 Å². The zero-order valence-corrected chi connectivity index (χ0v) is 20.9. The maximum Gasteiger partial charge on any atom is 0.164 e. The van der Waals surface area contributed by atoms with Crippen LogP contribution in [0.3, 0.4) is 0 Å². The van der Waals surface area contributed by atoms with Crippen molar-refractivity contribution in [2.24, 2.45) is 0 Å². The highest BCUT2D eigenvalue weighted by Crippen LogP contribution is 2.34. The highest BCUT2D eigenvalue weighted by atomic mass is 35.5. The van der Waals surface area contributed by atoms with Crippen LogP contribution >= 0.6 is 11.6 Å². The van der Waals surface area contributed by atoms with Gasteiger partial charge in [0, 0.05) is 32.5 Å². The molecule has 0 radical (unpaired) electrons. The van der Waals surface area contributed by atoms with E-state index in [1.165, 1.54) is 0 Å². The molecule has 180 valence electrons. The molecule has 4 nitrogen and oxygen atoms in total. The second-order valence-corrected chi connectivity index (χ2v) is 9.51. The summed E-state index contributed by atoms with van der Waals surface area (Å²) in [7, 11) is 0. The first-order chi connectivity index (χ1) is 18.7. The standard InChI is InChI=1S/C33H20ClN3O/c34-26-16-13-22(14-17-26)32-35-31(21-7-2-1-3-8-21)36-33(37-32)25-10-6-9-23(19-25)24-15-18-30-28(20-24)27-11-4-5-12-29(27)38-30/h1-20H. The quantitative estimate of drug-likeness (QED) is 0.237. The van der Waals surface area contributed by atoms with Gasteiger partial charge in [-0.1, -0.05) is 84.4 Å². The first-order valence-corrected chi connectivity index (χ1v) is 12.7. The summed E-state index contributed by atoms with van der Waals surface area (Å²) in [5.74, 6) is 1.83. The monoisotopic (exact) mass is 509 g/mol. The van der Waals surface area contributed by atoms with Crippen molar-refractivity contribution in [3.8, 4) is 45.3 Å². The van der Waals surface area contributed by atoms with Crippen molar-refractivity contribution in [2.75, 3.05) is 0 Å². The van der Waals surface area contributed by atoms with E-state index in [1.54, 1.807) is 0 Å². The van der Waals surface area contributed by atoms with Crippen LogP contribution in [0.4, 0.5) is 0 Å². The van der Waals surface area contributed by atoms with E-state index < -0.39 is 0 Å². The van der Waals surface area contributed by atoms with Gasteiger partial charge in [0.25, 0.3) is 0 Å². The molecular weight excluding hydrogens is 490 g/mol. The molecule has 5 heteroatoms. The molecule has 0 unspecified atom stereocenters. The molecule has 7 aromatic rings. The fourth-order valence-corrected chi connectivity index (χ4v) is 4.82. The van der Waals surface area contributed by atoms with Crippen molar-refractivity contribution in [3.05, 3.63) is 126 Å². The Bertz CT molecular complexity index is 1930. The van der Waals surface area contributed by atoms with Crippen molar-refractivity contribution in [1.29, 1.82) is 0 Å². The number of para-hydroxylation sites is 1. The minimum Gasteiger partial charge on any atom is -0.456 e. The first-order valence-electron chi connectivity index (χ1n) is 12.3. The number of rotatable bonds is 4. The van der Waals surface area contributed by atoms with Gasteiger partial charge in [-0.2, -0.15) is 0 Å². The number of hydrogen-bond donors (Lipinski definition) is 0.